The van der Waals surface area contributed by atoms with Crippen LogP contribution in [0.25, 0.3) is 11.5 Å². The molecule has 0 saturated heterocycles. The number of pyridine rings is 1. The predicted octanol–water partition coefficient (Wildman–Crippen LogP) is 2.66. The second kappa shape index (κ2) is 5.73. The molecule has 0 aliphatic heterocycles. The molecule has 19 heavy (non-hydrogen) atoms. The highest BCUT2D eigenvalue weighted by Gasteiger charge is 2.13. The Morgan fingerprint density at radius 3 is 2.74 bits per heavy atom. The molecular weight excluding hydrogens is 242 g/mol. The fourth-order valence-corrected chi connectivity index (χ4v) is 1.92. The Hall–Kier alpha value is -2.04. The van der Waals surface area contributed by atoms with Gasteiger partial charge in [0.25, 0.3) is 0 Å². The molecule has 0 fully saturated rings. The van der Waals surface area contributed by atoms with Crippen LogP contribution in [0.15, 0.2) is 16.7 Å². The third-order valence-corrected chi connectivity index (χ3v) is 2.67. The number of hydrogen-bond donors (Lipinski definition) is 0. The molecule has 2 aromatic rings. The summed E-state index contributed by atoms with van der Waals surface area (Å²) < 4.78 is 5.09. The maximum absolute atomic E-state index is 11.5. The number of hydrogen-bond acceptors (Lipinski definition) is 5. The molecule has 0 saturated carbocycles. The lowest BCUT2D eigenvalue weighted by molar-refractivity contribution is -0.118. The number of rotatable bonds is 5. The summed E-state index contributed by atoms with van der Waals surface area (Å²) in [5.41, 5.74) is 2.68. The molecule has 5 heteroatoms. The smallest absolute Gasteiger partial charge is 0.234 e. The van der Waals surface area contributed by atoms with Gasteiger partial charge in [0.05, 0.1) is 6.42 Å². The minimum absolute atomic E-state index is 0.117. The lowest BCUT2D eigenvalue weighted by atomic mass is 10.2. The molecule has 2 aromatic heterocycles. The maximum Gasteiger partial charge on any atom is 0.234 e. The monoisotopic (exact) mass is 259 g/mol. The Morgan fingerprint density at radius 2 is 2.05 bits per heavy atom. The van der Waals surface area contributed by atoms with Gasteiger partial charge in [0, 0.05) is 12.1 Å². The van der Waals surface area contributed by atoms with Crippen LogP contribution in [0.4, 0.5) is 0 Å². The van der Waals surface area contributed by atoms with Crippen molar-refractivity contribution in [3.63, 3.8) is 0 Å². The number of Topliss-reactive ketones (excluding diaryl/α,β-unsaturated/α-hetero) is 1. The molecule has 0 unspecified atom stereocenters. The fraction of sp³-hybridized carbons (Fsp3) is 0.429. The molecule has 0 aliphatic carbocycles. The van der Waals surface area contributed by atoms with Gasteiger partial charge in [-0.2, -0.15) is 4.98 Å². The van der Waals surface area contributed by atoms with Crippen LogP contribution in [0.1, 0.15) is 36.9 Å². The molecular formula is C14H17N3O2. The van der Waals surface area contributed by atoms with Gasteiger partial charge >= 0.3 is 0 Å². The van der Waals surface area contributed by atoms with Crippen molar-refractivity contribution >= 4 is 5.78 Å². The SMILES string of the molecule is CCCC(=O)Cc1nc(-c2cc(C)cc(C)n2)no1. The normalized spacial score (nSPS) is 10.7. The Morgan fingerprint density at radius 1 is 1.26 bits per heavy atom. The molecule has 2 heterocycles. The zero-order valence-electron chi connectivity index (χ0n) is 11.4. The van der Waals surface area contributed by atoms with Crippen LogP contribution >= 0.6 is 0 Å². The van der Waals surface area contributed by atoms with Crippen LogP contribution in [0.2, 0.25) is 0 Å². The van der Waals surface area contributed by atoms with Crippen LogP contribution < -0.4 is 0 Å². The lowest BCUT2D eigenvalue weighted by Gasteiger charge is -1.98. The topological polar surface area (TPSA) is 68.9 Å². The highest BCUT2D eigenvalue weighted by atomic mass is 16.5. The second-order valence-corrected chi connectivity index (χ2v) is 4.65. The van der Waals surface area contributed by atoms with E-state index < -0.39 is 0 Å². The van der Waals surface area contributed by atoms with Gasteiger partial charge in [0.15, 0.2) is 0 Å². The summed E-state index contributed by atoms with van der Waals surface area (Å²) in [6, 6.07) is 3.88. The molecule has 5 nitrogen and oxygen atoms in total. The summed E-state index contributed by atoms with van der Waals surface area (Å²) in [6.07, 6.45) is 1.57. The van der Waals surface area contributed by atoms with E-state index in [2.05, 4.69) is 15.1 Å². The summed E-state index contributed by atoms with van der Waals surface area (Å²) in [7, 11) is 0. The van der Waals surface area contributed by atoms with Crippen LogP contribution in [0, 0.1) is 13.8 Å². The summed E-state index contributed by atoms with van der Waals surface area (Å²) in [6.45, 7) is 5.88. The highest BCUT2D eigenvalue weighted by molar-refractivity contribution is 5.79. The molecule has 0 N–H and O–H groups in total. The summed E-state index contributed by atoms with van der Waals surface area (Å²) >= 11 is 0. The summed E-state index contributed by atoms with van der Waals surface area (Å²) in [4.78, 5) is 20.1. The largest absolute Gasteiger partial charge is 0.338 e. The number of nitrogens with zero attached hydrogens (tertiary/aromatic N) is 3. The van der Waals surface area contributed by atoms with Crippen molar-refractivity contribution in [1.29, 1.82) is 0 Å². The summed E-state index contributed by atoms with van der Waals surface area (Å²) in [5, 5.41) is 3.88. The number of ketones is 1. The predicted molar refractivity (Wildman–Crippen MR) is 70.6 cm³/mol. The van der Waals surface area contributed by atoms with Crippen LogP contribution in [0.3, 0.4) is 0 Å². The Balaban J connectivity index is 2.18. The van der Waals surface area contributed by atoms with E-state index in [1.807, 2.05) is 32.9 Å². The first-order chi connectivity index (χ1) is 9.08. The molecule has 2 rings (SSSR count). The number of carbonyl (C=O) groups excluding carboxylic acids is 1. The standard InChI is InChI=1S/C14H17N3O2/c1-4-5-11(18)8-13-16-14(17-19-13)12-7-9(2)6-10(3)15-12/h6-7H,4-5,8H2,1-3H3. The van der Waals surface area contributed by atoms with Crippen molar-refractivity contribution < 1.29 is 9.32 Å². The Kier molecular flexibility index (Phi) is 4.04. The zero-order chi connectivity index (χ0) is 13.8. The van der Waals surface area contributed by atoms with E-state index in [-0.39, 0.29) is 12.2 Å². The van der Waals surface area contributed by atoms with E-state index in [1.165, 1.54) is 0 Å². The zero-order valence-corrected chi connectivity index (χ0v) is 11.4. The van der Waals surface area contributed by atoms with Gasteiger partial charge in [-0.1, -0.05) is 12.1 Å². The van der Waals surface area contributed by atoms with Gasteiger partial charge in [0.2, 0.25) is 11.7 Å². The average molecular weight is 259 g/mol. The van der Waals surface area contributed by atoms with Gasteiger partial charge in [-0.05, 0) is 38.0 Å². The molecule has 100 valence electrons. The van der Waals surface area contributed by atoms with Crippen molar-refractivity contribution in [3.8, 4) is 11.5 Å². The van der Waals surface area contributed by atoms with Crippen LogP contribution in [-0.4, -0.2) is 20.9 Å². The van der Waals surface area contributed by atoms with Crippen LogP contribution in [-0.2, 0) is 11.2 Å². The first-order valence-electron chi connectivity index (χ1n) is 6.38. The van der Waals surface area contributed by atoms with Crippen molar-refractivity contribution in [2.75, 3.05) is 0 Å². The molecule has 0 atom stereocenters. The van der Waals surface area contributed by atoms with E-state index in [0.29, 0.717) is 23.8 Å². The minimum Gasteiger partial charge on any atom is -0.338 e. The number of carbonyl (C=O) groups is 1. The molecule has 0 aromatic carbocycles. The minimum atomic E-state index is 0.117. The third-order valence-electron chi connectivity index (χ3n) is 2.67. The quantitative estimate of drug-likeness (QED) is 0.825. The average Bonchev–Trinajstić information content (AvgIpc) is 2.76. The summed E-state index contributed by atoms with van der Waals surface area (Å²) in [5.74, 6) is 0.909. The second-order valence-electron chi connectivity index (χ2n) is 4.65. The molecule has 0 spiro atoms. The Bertz CT molecular complexity index is 570. The van der Waals surface area contributed by atoms with Gasteiger partial charge < -0.3 is 4.52 Å². The molecule has 0 bridgehead atoms. The molecule has 0 radical (unpaired) electrons. The van der Waals surface area contributed by atoms with Gasteiger partial charge in [-0.25, -0.2) is 4.98 Å². The first kappa shape index (κ1) is 13.4. The van der Waals surface area contributed by atoms with Crippen LogP contribution in [0.5, 0.6) is 0 Å². The highest BCUT2D eigenvalue weighted by Crippen LogP contribution is 2.16. The third kappa shape index (κ3) is 3.47. The van der Waals surface area contributed by atoms with Crippen molar-refractivity contribution in [3.05, 3.63) is 29.3 Å². The maximum atomic E-state index is 11.5. The van der Waals surface area contributed by atoms with E-state index in [0.717, 1.165) is 17.7 Å². The van der Waals surface area contributed by atoms with E-state index in [1.54, 1.807) is 0 Å². The van der Waals surface area contributed by atoms with Gasteiger partial charge in [0.1, 0.15) is 11.5 Å². The van der Waals surface area contributed by atoms with Gasteiger partial charge in [-0.15, -0.1) is 0 Å². The number of aryl methyl sites for hydroxylation is 2. The van der Waals surface area contributed by atoms with Crippen molar-refractivity contribution in [2.45, 2.75) is 40.0 Å². The van der Waals surface area contributed by atoms with E-state index >= 15 is 0 Å². The van der Waals surface area contributed by atoms with Crippen molar-refractivity contribution in [1.82, 2.24) is 15.1 Å². The van der Waals surface area contributed by atoms with E-state index in [4.69, 9.17) is 4.52 Å². The molecule has 0 amide bonds. The first-order valence-corrected chi connectivity index (χ1v) is 6.38. The lowest BCUT2D eigenvalue weighted by Crippen LogP contribution is -2.02. The number of aromatic nitrogens is 3. The fourth-order valence-electron chi connectivity index (χ4n) is 1.92. The van der Waals surface area contributed by atoms with E-state index in [9.17, 15) is 4.79 Å². The Labute approximate surface area is 112 Å². The molecule has 0 aliphatic rings. The van der Waals surface area contributed by atoms with Crippen molar-refractivity contribution in [2.24, 2.45) is 0 Å². The van der Waals surface area contributed by atoms with Gasteiger partial charge in [-0.3, -0.25) is 4.79 Å².